The van der Waals surface area contributed by atoms with E-state index in [1.165, 1.54) is 10.4 Å². The van der Waals surface area contributed by atoms with Crippen LogP contribution in [0.15, 0.2) is 70.4 Å². The first-order valence-corrected chi connectivity index (χ1v) is 9.85. The van der Waals surface area contributed by atoms with E-state index in [0.29, 0.717) is 6.54 Å². The van der Waals surface area contributed by atoms with Crippen molar-refractivity contribution >= 4 is 34.7 Å². The minimum Gasteiger partial charge on any atom is -0.461 e. The Morgan fingerprint density at radius 3 is 2.64 bits per heavy atom. The van der Waals surface area contributed by atoms with Gasteiger partial charge in [-0.2, -0.15) is 0 Å². The van der Waals surface area contributed by atoms with E-state index in [-0.39, 0.29) is 0 Å². The second-order valence-electron chi connectivity index (χ2n) is 5.35. The average molecular weight is 388 g/mol. The van der Waals surface area contributed by atoms with Crippen molar-refractivity contribution < 1.29 is 4.42 Å². The number of benzene rings is 1. The van der Waals surface area contributed by atoms with Gasteiger partial charge in [0.1, 0.15) is 0 Å². The van der Waals surface area contributed by atoms with E-state index in [2.05, 4.69) is 26.9 Å². The van der Waals surface area contributed by atoms with Crippen molar-refractivity contribution in [2.45, 2.75) is 17.5 Å². The molecule has 0 amide bonds. The molecule has 3 heterocycles. The van der Waals surface area contributed by atoms with Gasteiger partial charge in [0.25, 0.3) is 0 Å². The van der Waals surface area contributed by atoms with Crippen molar-refractivity contribution in [3.05, 3.63) is 75.6 Å². The Labute approximate surface area is 158 Å². The number of rotatable bonds is 6. The van der Waals surface area contributed by atoms with Crippen molar-refractivity contribution in [3.63, 3.8) is 0 Å². The van der Waals surface area contributed by atoms with E-state index in [9.17, 15) is 0 Å². The number of hydrogen-bond donors (Lipinski definition) is 0. The second-order valence-corrected chi connectivity index (χ2v) is 8.09. The van der Waals surface area contributed by atoms with Gasteiger partial charge in [-0.15, -0.1) is 21.5 Å². The molecule has 4 rings (SSSR count). The maximum atomic E-state index is 6.02. The molecule has 3 aromatic heterocycles. The Bertz CT molecular complexity index is 948. The van der Waals surface area contributed by atoms with Gasteiger partial charge < -0.3 is 4.42 Å². The quantitative estimate of drug-likeness (QED) is 0.404. The first-order chi connectivity index (χ1) is 12.3. The summed E-state index contributed by atoms with van der Waals surface area (Å²) in [5, 5.41) is 9.59. The Balaban J connectivity index is 1.63. The number of nitrogens with zero attached hydrogens (tertiary/aromatic N) is 3. The zero-order valence-electron chi connectivity index (χ0n) is 13.1. The van der Waals surface area contributed by atoms with Gasteiger partial charge >= 0.3 is 0 Å². The molecule has 1 aromatic carbocycles. The van der Waals surface area contributed by atoms with E-state index in [0.717, 1.165) is 26.8 Å². The van der Waals surface area contributed by atoms with Gasteiger partial charge in [0.2, 0.25) is 5.82 Å². The second kappa shape index (κ2) is 7.47. The van der Waals surface area contributed by atoms with Crippen LogP contribution in [0, 0.1) is 0 Å². The first-order valence-electron chi connectivity index (χ1n) is 7.67. The van der Waals surface area contributed by atoms with Gasteiger partial charge in [0.15, 0.2) is 10.9 Å². The standard InChI is InChI=1S/C18H14ClN3OS2/c19-16-9-8-14(25-16)12-24-18-21-20-17(15-7-4-10-23-15)22(18)11-13-5-2-1-3-6-13/h1-10H,11-12H2. The van der Waals surface area contributed by atoms with Gasteiger partial charge in [0.05, 0.1) is 17.1 Å². The Morgan fingerprint density at radius 2 is 1.92 bits per heavy atom. The van der Waals surface area contributed by atoms with E-state index in [1.54, 1.807) is 29.4 Å². The lowest BCUT2D eigenvalue weighted by Crippen LogP contribution is -2.03. The minimum atomic E-state index is 0.692. The number of hydrogen-bond acceptors (Lipinski definition) is 5. The topological polar surface area (TPSA) is 43.9 Å². The fourth-order valence-electron chi connectivity index (χ4n) is 2.46. The third kappa shape index (κ3) is 3.81. The molecule has 0 unspecified atom stereocenters. The Hall–Kier alpha value is -2.02. The molecule has 7 heteroatoms. The summed E-state index contributed by atoms with van der Waals surface area (Å²) < 4.78 is 8.42. The van der Waals surface area contributed by atoms with E-state index < -0.39 is 0 Å². The maximum absolute atomic E-state index is 6.02. The number of aromatic nitrogens is 3. The molecular formula is C18H14ClN3OS2. The fourth-order valence-corrected chi connectivity index (χ4v) is 4.53. The van der Waals surface area contributed by atoms with E-state index in [4.69, 9.17) is 16.0 Å². The predicted octanol–water partition coefficient (Wildman–Crippen LogP) is 5.59. The highest BCUT2D eigenvalue weighted by Gasteiger charge is 2.17. The van der Waals surface area contributed by atoms with Gasteiger partial charge in [-0.1, -0.05) is 53.7 Å². The summed E-state index contributed by atoms with van der Waals surface area (Å²) in [6.07, 6.45) is 1.65. The van der Waals surface area contributed by atoms with E-state index in [1.807, 2.05) is 42.5 Å². The lowest BCUT2D eigenvalue weighted by Gasteiger charge is -2.09. The third-order valence-corrected chi connectivity index (χ3v) is 6.04. The number of halogens is 1. The average Bonchev–Trinajstić information content (AvgIpc) is 3.35. The van der Waals surface area contributed by atoms with Gasteiger partial charge in [-0.05, 0) is 29.8 Å². The highest BCUT2D eigenvalue weighted by molar-refractivity contribution is 7.98. The lowest BCUT2D eigenvalue weighted by atomic mass is 10.2. The van der Waals surface area contributed by atoms with Crippen LogP contribution in [-0.2, 0) is 12.3 Å². The van der Waals surface area contributed by atoms with Crippen molar-refractivity contribution in [2.75, 3.05) is 0 Å². The Morgan fingerprint density at radius 1 is 1.04 bits per heavy atom. The van der Waals surface area contributed by atoms with Gasteiger partial charge in [0, 0.05) is 10.6 Å². The van der Waals surface area contributed by atoms with Crippen molar-refractivity contribution in [1.82, 2.24) is 14.8 Å². The van der Waals surface area contributed by atoms with Crippen LogP contribution < -0.4 is 0 Å². The molecule has 4 nitrogen and oxygen atoms in total. The van der Waals surface area contributed by atoms with Crippen LogP contribution >= 0.6 is 34.7 Å². The smallest absolute Gasteiger partial charge is 0.200 e. The largest absolute Gasteiger partial charge is 0.461 e. The summed E-state index contributed by atoms with van der Waals surface area (Å²) in [4.78, 5) is 1.21. The first kappa shape index (κ1) is 16.4. The molecule has 0 fully saturated rings. The molecular weight excluding hydrogens is 374 g/mol. The maximum Gasteiger partial charge on any atom is 0.200 e. The van der Waals surface area contributed by atoms with Crippen LogP contribution in [0.25, 0.3) is 11.6 Å². The van der Waals surface area contributed by atoms with Crippen LogP contribution in [0.3, 0.4) is 0 Å². The molecule has 0 spiro atoms. The molecule has 0 saturated carbocycles. The molecule has 4 aromatic rings. The minimum absolute atomic E-state index is 0.692. The van der Waals surface area contributed by atoms with Crippen molar-refractivity contribution in [1.29, 1.82) is 0 Å². The zero-order chi connectivity index (χ0) is 17.1. The summed E-state index contributed by atoms with van der Waals surface area (Å²) in [6, 6.07) is 18.0. The van der Waals surface area contributed by atoms with Gasteiger partial charge in [-0.25, -0.2) is 0 Å². The summed E-state index contributed by atoms with van der Waals surface area (Å²) in [7, 11) is 0. The van der Waals surface area contributed by atoms with Gasteiger partial charge in [-0.3, -0.25) is 4.57 Å². The molecule has 0 atom stereocenters. The molecule has 0 aliphatic heterocycles. The Kier molecular flexibility index (Phi) is 4.92. The summed E-state index contributed by atoms with van der Waals surface area (Å²) in [6.45, 7) is 0.692. The molecule has 0 bridgehead atoms. The SMILES string of the molecule is Clc1ccc(CSc2nnc(-c3ccco3)n2Cc2ccccc2)s1. The van der Waals surface area contributed by atoms with Crippen LogP contribution in [0.2, 0.25) is 4.34 Å². The highest BCUT2D eigenvalue weighted by Crippen LogP contribution is 2.30. The summed E-state index contributed by atoms with van der Waals surface area (Å²) in [5.74, 6) is 2.26. The van der Waals surface area contributed by atoms with Crippen molar-refractivity contribution in [3.8, 4) is 11.6 Å². The molecule has 0 saturated heterocycles. The number of furan rings is 1. The molecule has 0 aliphatic carbocycles. The summed E-state index contributed by atoms with van der Waals surface area (Å²) in [5.41, 5.74) is 1.19. The normalized spacial score (nSPS) is 11.1. The van der Waals surface area contributed by atoms with Crippen LogP contribution in [-0.4, -0.2) is 14.8 Å². The van der Waals surface area contributed by atoms with Crippen LogP contribution in [0.5, 0.6) is 0 Å². The van der Waals surface area contributed by atoms with E-state index >= 15 is 0 Å². The predicted molar refractivity (Wildman–Crippen MR) is 102 cm³/mol. The zero-order valence-corrected chi connectivity index (χ0v) is 15.5. The monoisotopic (exact) mass is 387 g/mol. The molecule has 0 aliphatic rings. The number of thioether (sulfide) groups is 1. The molecule has 0 radical (unpaired) electrons. The van der Waals surface area contributed by atoms with Crippen LogP contribution in [0.4, 0.5) is 0 Å². The lowest BCUT2D eigenvalue weighted by molar-refractivity contribution is 0.569. The molecule has 126 valence electrons. The fraction of sp³-hybridized carbons (Fsp3) is 0.111. The summed E-state index contributed by atoms with van der Waals surface area (Å²) >= 11 is 9.26. The van der Waals surface area contributed by atoms with Crippen LogP contribution in [0.1, 0.15) is 10.4 Å². The molecule has 25 heavy (non-hydrogen) atoms. The highest BCUT2D eigenvalue weighted by atomic mass is 35.5. The molecule has 0 N–H and O–H groups in total. The van der Waals surface area contributed by atoms with Crippen molar-refractivity contribution in [2.24, 2.45) is 0 Å². The number of thiophene rings is 1. The third-order valence-electron chi connectivity index (χ3n) is 3.61.